The van der Waals surface area contributed by atoms with Crippen molar-refractivity contribution in [3.05, 3.63) is 47.8 Å². The first kappa shape index (κ1) is 17.5. The van der Waals surface area contributed by atoms with E-state index < -0.39 is 0 Å². The standard InChI is InChI=1S/C19H23N3O3/c1-2-13-7-20-18(21-8-13)14-3-5-15(6-4-14)19(25)22-9-16(11-23)17(10-22)12-24/h3-8,16-17,23-24H,2,9-12H2,1H3/t16-,17-/m0/s1. The minimum absolute atomic E-state index is 0.0148. The van der Waals surface area contributed by atoms with Crippen molar-refractivity contribution in [3.8, 4) is 11.4 Å². The molecular formula is C19H23N3O3. The summed E-state index contributed by atoms with van der Waals surface area (Å²) in [6, 6.07) is 7.23. The van der Waals surface area contributed by atoms with Crippen molar-refractivity contribution >= 4 is 5.91 Å². The molecule has 1 saturated heterocycles. The van der Waals surface area contributed by atoms with Crippen LogP contribution in [0.2, 0.25) is 0 Å². The number of aryl methyl sites for hydroxylation is 1. The van der Waals surface area contributed by atoms with Gasteiger partial charge in [0.2, 0.25) is 0 Å². The van der Waals surface area contributed by atoms with Crippen LogP contribution in [0.4, 0.5) is 0 Å². The molecule has 2 N–H and O–H groups in total. The van der Waals surface area contributed by atoms with Crippen molar-refractivity contribution < 1.29 is 15.0 Å². The van der Waals surface area contributed by atoms with Gasteiger partial charge in [0.15, 0.2) is 5.82 Å². The maximum Gasteiger partial charge on any atom is 0.253 e. The second kappa shape index (κ2) is 7.72. The first-order valence-electron chi connectivity index (χ1n) is 8.58. The lowest BCUT2D eigenvalue weighted by Crippen LogP contribution is -2.29. The molecule has 3 rings (SSSR count). The first-order valence-corrected chi connectivity index (χ1v) is 8.58. The van der Waals surface area contributed by atoms with E-state index in [0.29, 0.717) is 24.5 Å². The van der Waals surface area contributed by atoms with Gasteiger partial charge in [0.05, 0.1) is 0 Å². The van der Waals surface area contributed by atoms with E-state index in [9.17, 15) is 15.0 Å². The highest BCUT2D eigenvalue weighted by Crippen LogP contribution is 2.25. The van der Waals surface area contributed by atoms with Gasteiger partial charge in [0, 0.05) is 61.7 Å². The van der Waals surface area contributed by atoms with Crippen LogP contribution in [0.15, 0.2) is 36.7 Å². The normalized spacial score (nSPS) is 20.0. The molecule has 2 atom stereocenters. The number of carbonyl (C=O) groups is 1. The highest BCUT2D eigenvalue weighted by Gasteiger charge is 2.34. The molecule has 25 heavy (non-hydrogen) atoms. The highest BCUT2D eigenvalue weighted by molar-refractivity contribution is 5.94. The third-order valence-corrected chi connectivity index (χ3v) is 4.84. The number of carbonyl (C=O) groups excluding carboxylic acids is 1. The average Bonchev–Trinajstić information content (AvgIpc) is 3.11. The quantitative estimate of drug-likeness (QED) is 0.858. The Morgan fingerprint density at radius 3 is 2.12 bits per heavy atom. The van der Waals surface area contributed by atoms with Crippen LogP contribution in [0.1, 0.15) is 22.8 Å². The van der Waals surface area contributed by atoms with Gasteiger partial charge in [-0.1, -0.05) is 19.1 Å². The number of amides is 1. The topological polar surface area (TPSA) is 86.6 Å². The molecule has 1 aromatic heterocycles. The van der Waals surface area contributed by atoms with E-state index in [0.717, 1.165) is 17.5 Å². The summed E-state index contributed by atoms with van der Waals surface area (Å²) in [5.74, 6) is 0.443. The fourth-order valence-corrected chi connectivity index (χ4v) is 3.15. The van der Waals surface area contributed by atoms with E-state index in [1.54, 1.807) is 17.0 Å². The number of rotatable bonds is 5. The zero-order valence-corrected chi connectivity index (χ0v) is 14.3. The Labute approximate surface area is 147 Å². The number of hydrogen-bond acceptors (Lipinski definition) is 5. The van der Waals surface area contributed by atoms with Crippen LogP contribution in [-0.2, 0) is 6.42 Å². The van der Waals surface area contributed by atoms with E-state index in [4.69, 9.17) is 0 Å². The molecule has 1 amide bonds. The summed E-state index contributed by atoms with van der Waals surface area (Å²) in [6.45, 7) is 2.98. The van der Waals surface area contributed by atoms with E-state index in [1.807, 2.05) is 24.5 Å². The minimum atomic E-state index is -0.0804. The molecule has 2 aromatic rings. The van der Waals surface area contributed by atoms with Crippen LogP contribution in [-0.4, -0.2) is 57.3 Å². The van der Waals surface area contributed by atoms with E-state index in [1.165, 1.54) is 0 Å². The molecule has 0 aliphatic carbocycles. The maximum absolute atomic E-state index is 12.6. The molecular weight excluding hydrogens is 318 g/mol. The maximum atomic E-state index is 12.6. The van der Waals surface area contributed by atoms with Crippen LogP contribution in [0.25, 0.3) is 11.4 Å². The van der Waals surface area contributed by atoms with Crippen LogP contribution >= 0.6 is 0 Å². The second-order valence-corrected chi connectivity index (χ2v) is 6.44. The summed E-state index contributed by atoms with van der Waals surface area (Å²) >= 11 is 0. The molecule has 6 heteroatoms. The molecule has 1 aliphatic rings. The summed E-state index contributed by atoms with van der Waals surface area (Å²) in [4.78, 5) is 23.0. The summed E-state index contributed by atoms with van der Waals surface area (Å²) < 4.78 is 0. The van der Waals surface area contributed by atoms with Gasteiger partial charge in [-0.15, -0.1) is 0 Å². The molecule has 132 valence electrons. The molecule has 0 unspecified atom stereocenters. The SMILES string of the molecule is CCc1cnc(-c2ccc(C(=O)N3C[C@@H](CO)[C@H](CO)C3)cc2)nc1. The molecule has 2 heterocycles. The number of benzene rings is 1. The molecule has 1 aliphatic heterocycles. The number of nitrogens with zero attached hydrogens (tertiary/aromatic N) is 3. The molecule has 0 bridgehead atoms. The van der Waals surface area contributed by atoms with E-state index in [2.05, 4.69) is 16.9 Å². The van der Waals surface area contributed by atoms with Crippen molar-refractivity contribution in [2.75, 3.05) is 26.3 Å². The number of hydrogen-bond donors (Lipinski definition) is 2. The predicted octanol–water partition coefficient (Wildman–Crippen LogP) is 1.38. The monoisotopic (exact) mass is 341 g/mol. The Balaban J connectivity index is 1.72. The van der Waals surface area contributed by atoms with Gasteiger partial charge in [-0.25, -0.2) is 9.97 Å². The Kier molecular flexibility index (Phi) is 5.40. The third-order valence-electron chi connectivity index (χ3n) is 4.84. The number of aromatic nitrogens is 2. The lowest BCUT2D eigenvalue weighted by molar-refractivity contribution is 0.0778. The lowest BCUT2D eigenvalue weighted by atomic mass is 9.98. The fourth-order valence-electron chi connectivity index (χ4n) is 3.15. The fraction of sp³-hybridized carbons (Fsp3) is 0.421. The van der Waals surface area contributed by atoms with Gasteiger partial charge < -0.3 is 15.1 Å². The Hall–Kier alpha value is -2.31. The van der Waals surface area contributed by atoms with Gasteiger partial charge in [0.25, 0.3) is 5.91 Å². The molecule has 0 saturated carbocycles. The molecule has 6 nitrogen and oxygen atoms in total. The second-order valence-electron chi connectivity index (χ2n) is 6.44. The van der Waals surface area contributed by atoms with Gasteiger partial charge in [0.1, 0.15) is 0 Å². The van der Waals surface area contributed by atoms with E-state index in [-0.39, 0.29) is 31.0 Å². The number of aliphatic hydroxyl groups is 2. The van der Waals surface area contributed by atoms with Gasteiger partial charge in [-0.3, -0.25) is 4.79 Å². The first-order chi connectivity index (χ1) is 12.2. The Morgan fingerprint density at radius 2 is 1.64 bits per heavy atom. The summed E-state index contributed by atoms with van der Waals surface area (Å²) in [6.07, 6.45) is 4.53. The predicted molar refractivity (Wildman–Crippen MR) is 93.9 cm³/mol. The van der Waals surface area contributed by atoms with Crippen molar-refractivity contribution in [2.45, 2.75) is 13.3 Å². The highest BCUT2D eigenvalue weighted by atomic mass is 16.3. The summed E-state index contributed by atoms with van der Waals surface area (Å²) in [7, 11) is 0. The van der Waals surface area contributed by atoms with Crippen molar-refractivity contribution in [2.24, 2.45) is 11.8 Å². The van der Waals surface area contributed by atoms with Crippen LogP contribution < -0.4 is 0 Å². The van der Waals surface area contributed by atoms with Crippen LogP contribution in [0.3, 0.4) is 0 Å². The molecule has 0 spiro atoms. The zero-order valence-electron chi connectivity index (χ0n) is 14.3. The van der Waals surface area contributed by atoms with Crippen LogP contribution in [0, 0.1) is 11.8 Å². The van der Waals surface area contributed by atoms with Crippen LogP contribution in [0.5, 0.6) is 0 Å². The molecule has 1 fully saturated rings. The summed E-state index contributed by atoms with van der Waals surface area (Å²) in [5, 5.41) is 18.7. The zero-order chi connectivity index (χ0) is 17.8. The Bertz CT molecular complexity index is 704. The van der Waals surface area contributed by atoms with Gasteiger partial charge in [-0.2, -0.15) is 0 Å². The number of aliphatic hydroxyl groups excluding tert-OH is 2. The van der Waals surface area contributed by atoms with E-state index >= 15 is 0 Å². The minimum Gasteiger partial charge on any atom is -0.396 e. The molecule has 1 aromatic carbocycles. The average molecular weight is 341 g/mol. The third kappa shape index (κ3) is 3.70. The number of likely N-dealkylation sites (tertiary alicyclic amines) is 1. The largest absolute Gasteiger partial charge is 0.396 e. The van der Waals surface area contributed by atoms with Crippen molar-refractivity contribution in [3.63, 3.8) is 0 Å². The van der Waals surface area contributed by atoms with Gasteiger partial charge >= 0.3 is 0 Å². The van der Waals surface area contributed by atoms with Crippen molar-refractivity contribution in [1.82, 2.24) is 14.9 Å². The molecule has 0 radical (unpaired) electrons. The van der Waals surface area contributed by atoms with Crippen molar-refractivity contribution in [1.29, 1.82) is 0 Å². The summed E-state index contributed by atoms with van der Waals surface area (Å²) in [5.41, 5.74) is 2.53. The van der Waals surface area contributed by atoms with Gasteiger partial charge in [-0.05, 0) is 24.1 Å². The Morgan fingerprint density at radius 1 is 1.08 bits per heavy atom. The lowest BCUT2D eigenvalue weighted by Gasteiger charge is -2.16. The smallest absolute Gasteiger partial charge is 0.253 e.